The summed E-state index contributed by atoms with van der Waals surface area (Å²) < 4.78 is 0. The van der Waals surface area contributed by atoms with Gasteiger partial charge in [0.25, 0.3) is 5.91 Å². The zero-order valence-electron chi connectivity index (χ0n) is 21.8. The average Bonchev–Trinajstić information content (AvgIpc) is 3.42. The maximum Gasteiger partial charge on any atom is 0.252 e. The Morgan fingerprint density at radius 2 is 1.54 bits per heavy atom. The Kier molecular flexibility index (Phi) is 13.1. The molecule has 1 aromatic rings. The SMILES string of the molecule is CCCCCCCCC1=NC(=S)N=C1CCCCCCCC(=O)NN1C(=O)CSC1c1ccc(Cl)cc1. The quantitative estimate of drug-likeness (QED) is 0.157. The monoisotopic (exact) mass is 562 g/mol. The molecule has 2 aliphatic heterocycles. The Hall–Kier alpha value is -1.77. The largest absolute Gasteiger partial charge is 0.273 e. The van der Waals surface area contributed by atoms with E-state index < -0.39 is 0 Å². The lowest BCUT2D eigenvalue weighted by Crippen LogP contribution is -2.44. The van der Waals surface area contributed by atoms with E-state index in [-0.39, 0.29) is 17.2 Å². The number of hydrazine groups is 1. The van der Waals surface area contributed by atoms with Crippen molar-refractivity contribution < 1.29 is 9.59 Å². The maximum atomic E-state index is 12.5. The zero-order valence-corrected chi connectivity index (χ0v) is 24.2. The first-order chi connectivity index (χ1) is 18.0. The van der Waals surface area contributed by atoms with E-state index in [0.29, 0.717) is 22.3 Å². The van der Waals surface area contributed by atoms with Crippen molar-refractivity contribution in [3.8, 4) is 0 Å². The molecule has 0 aromatic heterocycles. The van der Waals surface area contributed by atoms with E-state index in [1.54, 1.807) is 12.1 Å². The molecule has 9 heteroatoms. The first-order valence-electron chi connectivity index (χ1n) is 13.7. The first kappa shape index (κ1) is 29.8. The smallest absolute Gasteiger partial charge is 0.252 e. The molecule has 0 saturated carbocycles. The van der Waals surface area contributed by atoms with Crippen molar-refractivity contribution in [3.05, 3.63) is 34.9 Å². The van der Waals surface area contributed by atoms with E-state index in [1.807, 2.05) is 12.1 Å². The van der Waals surface area contributed by atoms with Crippen LogP contribution < -0.4 is 5.43 Å². The highest BCUT2D eigenvalue weighted by Gasteiger charge is 2.34. The highest BCUT2D eigenvalue weighted by molar-refractivity contribution is 8.00. The molecule has 3 rings (SSSR count). The van der Waals surface area contributed by atoms with Crippen molar-refractivity contribution in [1.29, 1.82) is 0 Å². The minimum atomic E-state index is -0.213. The third-order valence-electron chi connectivity index (χ3n) is 6.65. The molecule has 2 heterocycles. The third-order valence-corrected chi connectivity index (χ3v) is 8.29. The second-order valence-electron chi connectivity index (χ2n) is 9.70. The first-order valence-corrected chi connectivity index (χ1v) is 15.5. The molecule has 0 radical (unpaired) electrons. The van der Waals surface area contributed by atoms with Crippen molar-refractivity contribution in [1.82, 2.24) is 10.4 Å². The number of halogens is 1. The molecule has 2 amide bonds. The second kappa shape index (κ2) is 16.2. The van der Waals surface area contributed by atoms with Crippen molar-refractivity contribution in [3.63, 3.8) is 0 Å². The van der Waals surface area contributed by atoms with Gasteiger partial charge in [-0.15, -0.1) is 11.8 Å². The van der Waals surface area contributed by atoms with Crippen LogP contribution in [0.2, 0.25) is 5.02 Å². The van der Waals surface area contributed by atoms with Gasteiger partial charge >= 0.3 is 0 Å². The fraction of sp³-hybridized carbons (Fsp3) is 0.607. The fourth-order valence-corrected chi connectivity index (χ4v) is 6.03. The molecule has 37 heavy (non-hydrogen) atoms. The topological polar surface area (TPSA) is 74.1 Å². The van der Waals surface area contributed by atoms with E-state index in [2.05, 4.69) is 22.3 Å². The lowest BCUT2D eigenvalue weighted by atomic mass is 10.0. The van der Waals surface area contributed by atoms with Crippen LogP contribution in [-0.4, -0.2) is 39.1 Å². The summed E-state index contributed by atoms with van der Waals surface area (Å²) in [7, 11) is 0. The number of nitrogens with zero attached hydrogens (tertiary/aromatic N) is 3. The summed E-state index contributed by atoms with van der Waals surface area (Å²) in [5, 5.41) is 2.38. The number of amides is 2. The molecule has 1 atom stereocenters. The second-order valence-corrected chi connectivity index (χ2v) is 11.6. The van der Waals surface area contributed by atoms with Crippen LogP contribution in [0, 0.1) is 0 Å². The van der Waals surface area contributed by atoms with Gasteiger partial charge in [0.15, 0.2) is 0 Å². The number of rotatable bonds is 17. The number of unbranched alkanes of at least 4 members (excludes halogenated alkanes) is 9. The van der Waals surface area contributed by atoms with Gasteiger partial charge in [-0.3, -0.25) is 15.0 Å². The molecular formula is C28H39ClN4O2S2. The van der Waals surface area contributed by atoms with E-state index >= 15 is 0 Å². The standard InChI is InChI=1S/C28H39ClN4O2S2/c1-2-3-4-5-7-10-13-23-24(31-28(36)30-23)14-11-8-6-9-12-15-25(34)32-33-26(35)20-37-27(33)21-16-18-22(29)19-17-21/h16-19,27H,2-15,20H2,1H3,(H,32,34). The number of aliphatic imine (C=N–C) groups is 2. The van der Waals surface area contributed by atoms with Crippen LogP contribution in [0.25, 0.3) is 0 Å². The summed E-state index contributed by atoms with van der Waals surface area (Å²) in [6.45, 7) is 2.24. The normalized spacial score (nSPS) is 17.4. The minimum Gasteiger partial charge on any atom is -0.273 e. The van der Waals surface area contributed by atoms with E-state index in [0.717, 1.165) is 68.4 Å². The average molecular weight is 563 g/mol. The minimum absolute atomic E-state index is 0.0768. The Bertz CT molecular complexity index is 981. The van der Waals surface area contributed by atoms with Crippen molar-refractivity contribution in [2.45, 2.75) is 102 Å². The van der Waals surface area contributed by atoms with Gasteiger partial charge in [0.2, 0.25) is 11.0 Å². The van der Waals surface area contributed by atoms with Gasteiger partial charge in [-0.25, -0.2) is 15.0 Å². The predicted molar refractivity (Wildman–Crippen MR) is 159 cm³/mol. The molecule has 0 spiro atoms. The summed E-state index contributed by atoms with van der Waals surface area (Å²) >= 11 is 12.7. The lowest BCUT2D eigenvalue weighted by Gasteiger charge is -2.24. The van der Waals surface area contributed by atoms with Gasteiger partial charge < -0.3 is 0 Å². The van der Waals surface area contributed by atoms with Crippen molar-refractivity contribution >= 4 is 63.9 Å². The maximum absolute atomic E-state index is 12.5. The summed E-state index contributed by atoms with van der Waals surface area (Å²) in [5.41, 5.74) is 5.96. The number of benzene rings is 1. The van der Waals surface area contributed by atoms with E-state index in [1.165, 1.54) is 48.9 Å². The van der Waals surface area contributed by atoms with Gasteiger partial charge in [0, 0.05) is 11.4 Å². The van der Waals surface area contributed by atoms with E-state index in [4.69, 9.17) is 23.8 Å². The van der Waals surface area contributed by atoms with E-state index in [9.17, 15) is 9.59 Å². The van der Waals surface area contributed by atoms with Crippen molar-refractivity contribution in [2.75, 3.05) is 5.75 Å². The lowest BCUT2D eigenvalue weighted by molar-refractivity contribution is -0.139. The van der Waals surface area contributed by atoms with Gasteiger partial charge in [-0.1, -0.05) is 82.0 Å². The number of carbonyl (C=O) groups is 2. The molecular weight excluding hydrogens is 524 g/mol. The molecule has 202 valence electrons. The van der Waals surface area contributed by atoms with Gasteiger partial charge in [-0.05, 0) is 62.0 Å². The number of thiocarbonyl (C=S) groups is 1. The summed E-state index contributed by atoms with van der Waals surface area (Å²) in [4.78, 5) is 33.8. The number of nitrogens with one attached hydrogen (secondary N) is 1. The highest BCUT2D eigenvalue weighted by atomic mass is 35.5. The third kappa shape index (κ3) is 10.1. The zero-order chi connectivity index (χ0) is 26.5. The number of hydrogen-bond donors (Lipinski definition) is 1. The summed E-state index contributed by atoms with van der Waals surface area (Å²) in [6, 6.07) is 7.39. The Labute approximate surface area is 236 Å². The number of thioether (sulfide) groups is 1. The Balaban J connectivity index is 1.27. The predicted octanol–water partition coefficient (Wildman–Crippen LogP) is 7.61. The van der Waals surface area contributed by atoms with Gasteiger partial charge in [-0.2, -0.15) is 0 Å². The van der Waals surface area contributed by atoms with Gasteiger partial charge in [0.1, 0.15) is 5.37 Å². The fourth-order valence-electron chi connectivity index (χ4n) is 4.58. The molecule has 1 saturated heterocycles. The Morgan fingerprint density at radius 1 is 0.973 bits per heavy atom. The number of carbonyl (C=O) groups excluding carboxylic acids is 2. The summed E-state index contributed by atoms with van der Waals surface area (Å²) in [5.74, 6) is 0.167. The van der Waals surface area contributed by atoms with Crippen LogP contribution in [-0.2, 0) is 9.59 Å². The summed E-state index contributed by atoms with van der Waals surface area (Å²) in [6.07, 6.45) is 15.0. The molecule has 1 aromatic carbocycles. The molecule has 6 nitrogen and oxygen atoms in total. The van der Waals surface area contributed by atoms with Crippen LogP contribution in [0.4, 0.5) is 0 Å². The molecule has 0 bridgehead atoms. The van der Waals surface area contributed by atoms with Crippen molar-refractivity contribution in [2.24, 2.45) is 9.98 Å². The van der Waals surface area contributed by atoms with Gasteiger partial charge in [0.05, 0.1) is 17.2 Å². The molecule has 1 unspecified atom stereocenters. The highest BCUT2D eigenvalue weighted by Crippen LogP contribution is 2.37. The number of hydrogen-bond acceptors (Lipinski definition) is 4. The molecule has 2 aliphatic rings. The molecule has 1 N–H and O–H groups in total. The Morgan fingerprint density at radius 3 is 2.16 bits per heavy atom. The van der Waals surface area contributed by atoms with Crippen LogP contribution in [0.15, 0.2) is 34.3 Å². The molecule has 1 fully saturated rings. The van der Waals surface area contributed by atoms with Crippen LogP contribution in [0.5, 0.6) is 0 Å². The molecule has 0 aliphatic carbocycles. The van der Waals surface area contributed by atoms with Crippen LogP contribution in [0.1, 0.15) is 108 Å². The van der Waals surface area contributed by atoms with Crippen LogP contribution >= 0.6 is 35.6 Å². The van der Waals surface area contributed by atoms with Crippen LogP contribution in [0.3, 0.4) is 0 Å².